The van der Waals surface area contributed by atoms with Crippen molar-refractivity contribution < 1.29 is 9.59 Å². The van der Waals surface area contributed by atoms with Gasteiger partial charge < -0.3 is 10.6 Å². The molecule has 4 bridgehead atoms. The number of hydrogen-bond donors (Lipinski definition) is 2. The maximum absolute atomic E-state index is 12.6. The number of nitrogens with one attached hydrogen (secondary N) is 2. The fourth-order valence-electron chi connectivity index (χ4n) is 6.25. The lowest BCUT2D eigenvalue weighted by atomic mass is 9.48. The van der Waals surface area contributed by atoms with E-state index in [2.05, 4.69) is 17.6 Å². The van der Waals surface area contributed by atoms with Crippen molar-refractivity contribution in [3.63, 3.8) is 0 Å². The van der Waals surface area contributed by atoms with E-state index in [1.807, 2.05) is 24.3 Å². The van der Waals surface area contributed by atoms with Crippen molar-refractivity contribution >= 4 is 17.5 Å². The van der Waals surface area contributed by atoms with E-state index in [4.69, 9.17) is 0 Å². The van der Waals surface area contributed by atoms with Gasteiger partial charge in [-0.15, -0.1) is 0 Å². The van der Waals surface area contributed by atoms with Crippen LogP contribution >= 0.6 is 0 Å². The monoisotopic (exact) mass is 354 g/mol. The van der Waals surface area contributed by atoms with Crippen LogP contribution in [0.4, 0.5) is 5.69 Å². The SMILES string of the molecule is CC(=O)Nc1ccc(CC(=O)N[C@@H](C)C23CC4CC(CC(C4)C2)C3)cc1. The van der Waals surface area contributed by atoms with Crippen LogP contribution in [0.5, 0.6) is 0 Å². The minimum atomic E-state index is -0.0834. The van der Waals surface area contributed by atoms with E-state index in [1.165, 1.54) is 45.4 Å². The van der Waals surface area contributed by atoms with Gasteiger partial charge in [0.05, 0.1) is 6.42 Å². The van der Waals surface area contributed by atoms with Gasteiger partial charge in [0.1, 0.15) is 0 Å². The Morgan fingerprint density at radius 2 is 1.58 bits per heavy atom. The first-order chi connectivity index (χ1) is 12.4. The van der Waals surface area contributed by atoms with Crippen molar-refractivity contribution in [2.45, 2.75) is 64.8 Å². The molecule has 1 aromatic carbocycles. The van der Waals surface area contributed by atoms with E-state index in [1.54, 1.807) is 0 Å². The second-order valence-corrected chi connectivity index (χ2v) is 9.12. The summed E-state index contributed by atoms with van der Waals surface area (Å²) in [7, 11) is 0. The van der Waals surface area contributed by atoms with E-state index in [-0.39, 0.29) is 17.9 Å². The highest BCUT2D eigenvalue weighted by Crippen LogP contribution is 2.61. The fourth-order valence-corrected chi connectivity index (χ4v) is 6.25. The summed E-state index contributed by atoms with van der Waals surface area (Å²) in [6.07, 6.45) is 8.63. The van der Waals surface area contributed by atoms with Crippen LogP contribution in [-0.4, -0.2) is 17.9 Å². The molecule has 4 fully saturated rings. The molecule has 4 saturated carbocycles. The third kappa shape index (κ3) is 3.51. The largest absolute Gasteiger partial charge is 0.353 e. The molecule has 26 heavy (non-hydrogen) atoms. The molecule has 0 aliphatic heterocycles. The molecule has 0 unspecified atom stereocenters. The molecular formula is C22H30N2O2. The number of hydrogen-bond acceptors (Lipinski definition) is 2. The molecule has 4 heteroatoms. The third-order valence-electron chi connectivity index (χ3n) is 7.02. The van der Waals surface area contributed by atoms with Gasteiger partial charge in [-0.25, -0.2) is 0 Å². The molecule has 1 atom stereocenters. The van der Waals surface area contributed by atoms with Crippen molar-refractivity contribution in [2.75, 3.05) is 5.32 Å². The Bertz CT molecular complexity index is 659. The van der Waals surface area contributed by atoms with Crippen molar-refractivity contribution in [2.24, 2.45) is 23.2 Å². The Balaban J connectivity index is 1.35. The predicted molar refractivity (Wildman–Crippen MR) is 103 cm³/mol. The van der Waals surface area contributed by atoms with Gasteiger partial charge in [-0.2, -0.15) is 0 Å². The van der Waals surface area contributed by atoms with E-state index in [9.17, 15) is 9.59 Å². The van der Waals surface area contributed by atoms with Crippen LogP contribution in [0.2, 0.25) is 0 Å². The topological polar surface area (TPSA) is 58.2 Å². The maximum atomic E-state index is 12.6. The summed E-state index contributed by atoms with van der Waals surface area (Å²) in [5.41, 5.74) is 2.09. The molecule has 0 radical (unpaired) electrons. The van der Waals surface area contributed by atoms with Gasteiger partial charge in [-0.3, -0.25) is 9.59 Å². The minimum Gasteiger partial charge on any atom is -0.353 e. The van der Waals surface area contributed by atoms with Gasteiger partial charge in [0.2, 0.25) is 11.8 Å². The molecule has 1 aromatic rings. The molecular weight excluding hydrogens is 324 g/mol. The molecule has 2 amide bonds. The molecule has 0 aromatic heterocycles. The van der Waals surface area contributed by atoms with Crippen molar-refractivity contribution in [3.8, 4) is 0 Å². The summed E-state index contributed by atoms with van der Waals surface area (Å²) in [6.45, 7) is 3.72. The summed E-state index contributed by atoms with van der Waals surface area (Å²) in [5.74, 6) is 2.74. The molecule has 0 saturated heterocycles. The average Bonchev–Trinajstić information content (AvgIpc) is 2.55. The summed E-state index contributed by atoms with van der Waals surface area (Å²) >= 11 is 0. The lowest BCUT2D eigenvalue weighted by molar-refractivity contribution is -0.125. The quantitative estimate of drug-likeness (QED) is 0.842. The Morgan fingerprint density at radius 3 is 2.08 bits per heavy atom. The molecule has 4 aliphatic carbocycles. The first kappa shape index (κ1) is 17.6. The number of anilines is 1. The van der Waals surface area contributed by atoms with Gasteiger partial charge in [-0.1, -0.05) is 12.1 Å². The Kier molecular flexibility index (Phi) is 4.54. The van der Waals surface area contributed by atoms with Gasteiger partial charge >= 0.3 is 0 Å². The van der Waals surface area contributed by atoms with Crippen LogP contribution in [0.3, 0.4) is 0 Å². The average molecular weight is 354 g/mol. The Labute approximate surface area is 156 Å². The van der Waals surface area contributed by atoms with E-state index >= 15 is 0 Å². The highest BCUT2D eigenvalue weighted by Gasteiger charge is 2.53. The maximum Gasteiger partial charge on any atom is 0.224 e. The van der Waals surface area contributed by atoms with Gasteiger partial charge in [-0.05, 0) is 86.3 Å². The van der Waals surface area contributed by atoms with Crippen molar-refractivity contribution in [3.05, 3.63) is 29.8 Å². The molecule has 0 heterocycles. The van der Waals surface area contributed by atoms with E-state index in [0.29, 0.717) is 11.8 Å². The number of amides is 2. The second kappa shape index (κ2) is 6.71. The van der Waals surface area contributed by atoms with Gasteiger partial charge in [0.15, 0.2) is 0 Å². The summed E-state index contributed by atoms with van der Waals surface area (Å²) in [6, 6.07) is 7.81. The summed E-state index contributed by atoms with van der Waals surface area (Å²) in [4.78, 5) is 23.7. The Morgan fingerprint density at radius 1 is 1.04 bits per heavy atom. The first-order valence-electron chi connectivity index (χ1n) is 10.1. The highest BCUT2D eigenvalue weighted by atomic mass is 16.2. The lowest BCUT2D eigenvalue weighted by Gasteiger charge is -2.59. The van der Waals surface area contributed by atoms with Crippen LogP contribution in [0, 0.1) is 23.2 Å². The molecule has 0 spiro atoms. The summed E-state index contributed by atoms with van der Waals surface area (Å²) < 4.78 is 0. The van der Waals surface area contributed by atoms with Crippen LogP contribution in [0.1, 0.15) is 57.9 Å². The van der Waals surface area contributed by atoms with Crippen LogP contribution < -0.4 is 10.6 Å². The third-order valence-corrected chi connectivity index (χ3v) is 7.02. The molecule has 5 rings (SSSR count). The summed E-state index contributed by atoms with van der Waals surface area (Å²) in [5, 5.41) is 6.08. The van der Waals surface area contributed by atoms with E-state index in [0.717, 1.165) is 29.0 Å². The first-order valence-corrected chi connectivity index (χ1v) is 10.1. The molecule has 140 valence electrons. The molecule has 4 nitrogen and oxygen atoms in total. The zero-order valence-corrected chi connectivity index (χ0v) is 15.9. The fraction of sp³-hybridized carbons (Fsp3) is 0.636. The standard InChI is InChI=1S/C22H30N2O2/c1-14(22-11-17-7-18(12-22)9-19(8-17)13-22)23-21(26)10-16-3-5-20(6-4-16)24-15(2)25/h3-6,14,17-19H,7-13H2,1-2H3,(H,23,26)(H,24,25)/t14-,17?,18?,19?,22?/m0/s1. The van der Waals surface area contributed by atoms with Crippen LogP contribution in [0.25, 0.3) is 0 Å². The predicted octanol–water partition coefficient (Wildman–Crippen LogP) is 3.91. The number of benzene rings is 1. The Hall–Kier alpha value is -1.84. The number of carbonyl (C=O) groups excluding carboxylic acids is 2. The molecule has 4 aliphatic rings. The lowest BCUT2D eigenvalue weighted by Crippen LogP contribution is -2.56. The zero-order chi connectivity index (χ0) is 18.3. The van der Waals surface area contributed by atoms with Gasteiger partial charge in [0.25, 0.3) is 0 Å². The smallest absolute Gasteiger partial charge is 0.224 e. The van der Waals surface area contributed by atoms with Gasteiger partial charge in [0, 0.05) is 18.7 Å². The normalized spacial score (nSPS) is 32.9. The highest BCUT2D eigenvalue weighted by molar-refractivity contribution is 5.88. The van der Waals surface area contributed by atoms with Crippen molar-refractivity contribution in [1.29, 1.82) is 0 Å². The number of carbonyl (C=O) groups is 2. The second-order valence-electron chi connectivity index (χ2n) is 9.12. The minimum absolute atomic E-state index is 0.0834. The van der Waals surface area contributed by atoms with E-state index < -0.39 is 0 Å². The van der Waals surface area contributed by atoms with Crippen LogP contribution in [-0.2, 0) is 16.0 Å². The molecule has 2 N–H and O–H groups in total. The van der Waals surface area contributed by atoms with Crippen LogP contribution in [0.15, 0.2) is 24.3 Å². The zero-order valence-electron chi connectivity index (χ0n) is 15.9. The number of rotatable bonds is 5. The van der Waals surface area contributed by atoms with Crippen molar-refractivity contribution in [1.82, 2.24) is 5.32 Å².